The fourth-order valence-corrected chi connectivity index (χ4v) is 3.17. The molecule has 1 aromatic carbocycles. The second kappa shape index (κ2) is 8.03. The first-order chi connectivity index (χ1) is 13.0. The molecule has 8 nitrogen and oxygen atoms in total. The Labute approximate surface area is 157 Å². The maximum Gasteiger partial charge on any atom is 0.287 e. The van der Waals surface area contributed by atoms with Crippen molar-refractivity contribution in [3.63, 3.8) is 0 Å². The average Bonchev–Trinajstić information content (AvgIpc) is 2.68. The first kappa shape index (κ1) is 18.6. The molecule has 8 heteroatoms. The van der Waals surface area contributed by atoms with E-state index >= 15 is 0 Å². The third-order valence-corrected chi connectivity index (χ3v) is 4.51. The van der Waals surface area contributed by atoms with Crippen LogP contribution in [0.5, 0.6) is 5.75 Å². The number of aryl methyl sites for hydroxylation is 1. The molecular weight excluding hydrogens is 348 g/mol. The summed E-state index contributed by atoms with van der Waals surface area (Å²) in [7, 11) is 0. The van der Waals surface area contributed by atoms with E-state index < -0.39 is 4.92 Å². The van der Waals surface area contributed by atoms with Crippen LogP contribution in [0.1, 0.15) is 22.8 Å². The van der Waals surface area contributed by atoms with Crippen LogP contribution in [0.2, 0.25) is 0 Å². The molecular formula is C19H22N4O4. The molecule has 0 radical (unpaired) electrons. The summed E-state index contributed by atoms with van der Waals surface area (Å²) in [6.45, 7) is 6.66. The molecule has 1 amide bonds. The van der Waals surface area contributed by atoms with Crippen LogP contribution in [-0.2, 0) is 0 Å². The molecule has 1 aliphatic heterocycles. The van der Waals surface area contributed by atoms with E-state index in [0.717, 1.165) is 11.4 Å². The molecule has 0 unspecified atom stereocenters. The number of ether oxygens (including phenoxy) is 1. The number of carbonyl (C=O) groups is 1. The first-order valence-electron chi connectivity index (χ1n) is 8.87. The first-order valence-corrected chi connectivity index (χ1v) is 8.87. The van der Waals surface area contributed by atoms with E-state index in [9.17, 15) is 14.9 Å². The summed E-state index contributed by atoms with van der Waals surface area (Å²) in [6, 6.07) is 8.73. The largest absolute Gasteiger partial charge is 0.494 e. The number of amides is 1. The highest BCUT2D eigenvalue weighted by atomic mass is 16.6. The smallest absolute Gasteiger partial charge is 0.287 e. The van der Waals surface area contributed by atoms with Gasteiger partial charge in [0.1, 0.15) is 17.8 Å². The molecule has 1 fully saturated rings. The number of pyridine rings is 1. The SMILES string of the molecule is CCOc1cccc(C(=O)N2CCN(c3ncc([N+](=O)[O-])cc3C)CC2)c1. The van der Waals surface area contributed by atoms with Crippen LogP contribution in [0.3, 0.4) is 0 Å². The van der Waals surface area contributed by atoms with E-state index in [-0.39, 0.29) is 11.6 Å². The lowest BCUT2D eigenvalue weighted by Crippen LogP contribution is -2.49. The second-order valence-corrected chi connectivity index (χ2v) is 6.33. The van der Waals surface area contributed by atoms with Crippen molar-refractivity contribution in [2.45, 2.75) is 13.8 Å². The van der Waals surface area contributed by atoms with Gasteiger partial charge >= 0.3 is 0 Å². The van der Waals surface area contributed by atoms with Gasteiger partial charge in [0.15, 0.2) is 0 Å². The number of aromatic nitrogens is 1. The predicted molar refractivity (Wildman–Crippen MR) is 101 cm³/mol. The highest BCUT2D eigenvalue weighted by molar-refractivity contribution is 5.94. The highest BCUT2D eigenvalue weighted by Crippen LogP contribution is 2.23. The van der Waals surface area contributed by atoms with E-state index in [4.69, 9.17) is 4.74 Å². The minimum atomic E-state index is -0.448. The van der Waals surface area contributed by atoms with Gasteiger partial charge in [-0.2, -0.15) is 0 Å². The minimum Gasteiger partial charge on any atom is -0.494 e. The molecule has 0 N–H and O–H groups in total. The fourth-order valence-electron chi connectivity index (χ4n) is 3.17. The van der Waals surface area contributed by atoms with Gasteiger partial charge in [0.25, 0.3) is 11.6 Å². The zero-order valence-electron chi connectivity index (χ0n) is 15.4. The monoisotopic (exact) mass is 370 g/mol. The molecule has 0 saturated carbocycles. The maximum absolute atomic E-state index is 12.7. The van der Waals surface area contributed by atoms with Crippen molar-refractivity contribution < 1.29 is 14.5 Å². The Morgan fingerprint density at radius 1 is 1.26 bits per heavy atom. The summed E-state index contributed by atoms with van der Waals surface area (Å²) in [6.07, 6.45) is 1.28. The molecule has 0 atom stereocenters. The van der Waals surface area contributed by atoms with Gasteiger partial charge in [0.2, 0.25) is 0 Å². The van der Waals surface area contributed by atoms with Gasteiger partial charge < -0.3 is 14.5 Å². The molecule has 1 aliphatic rings. The zero-order chi connectivity index (χ0) is 19.4. The van der Waals surface area contributed by atoms with Crippen molar-refractivity contribution in [1.82, 2.24) is 9.88 Å². The molecule has 0 aliphatic carbocycles. The number of carbonyl (C=O) groups excluding carboxylic acids is 1. The molecule has 2 aromatic rings. The number of benzene rings is 1. The van der Waals surface area contributed by atoms with Crippen molar-refractivity contribution in [3.8, 4) is 5.75 Å². The van der Waals surface area contributed by atoms with Crippen molar-refractivity contribution in [2.24, 2.45) is 0 Å². The summed E-state index contributed by atoms with van der Waals surface area (Å²) in [4.78, 5) is 31.3. The van der Waals surface area contributed by atoms with Gasteiger partial charge in [-0.15, -0.1) is 0 Å². The van der Waals surface area contributed by atoms with Crippen molar-refractivity contribution in [1.29, 1.82) is 0 Å². The van der Waals surface area contributed by atoms with Crippen LogP contribution >= 0.6 is 0 Å². The molecule has 2 heterocycles. The Balaban J connectivity index is 1.66. The van der Waals surface area contributed by atoms with E-state index in [1.807, 2.05) is 30.9 Å². The van der Waals surface area contributed by atoms with Crippen LogP contribution in [0.4, 0.5) is 11.5 Å². The van der Waals surface area contributed by atoms with Crippen LogP contribution < -0.4 is 9.64 Å². The standard InChI is InChI=1S/C19H22N4O4/c1-3-27-17-6-4-5-15(12-17)19(24)22-9-7-21(8-10-22)18-14(2)11-16(13-20-18)23(25)26/h4-6,11-13H,3,7-10H2,1-2H3. The Morgan fingerprint density at radius 3 is 2.63 bits per heavy atom. The number of nitro groups is 1. The third-order valence-electron chi connectivity index (χ3n) is 4.51. The Morgan fingerprint density at radius 2 is 2.00 bits per heavy atom. The van der Waals surface area contributed by atoms with E-state index in [0.29, 0.717) is 44.1 Å². The number of piperazine rings is 1. The van der Waals surface area contributed by atoms with Crippen LogP contribution in [0, 0.1) is 17.0 Å². The summed E-state index contributed by atoms with van der Waals surface area (Å²) < 4.78 is 5.46. The summed E-state index contributed by atoms with van der Waals surface area (Å²) >= 11 is 0. The fraction of sp³-hybridized carbons (Fsp3) is 0.368. The van der Waals surface area contributed by atoms with Crippen molar-refractivity contribution in [2.75, 3.05) is 37.7 Å². The molecule has 27 heavy (non-hydrogen) atoms. The summed E-state index contributed by atoms with van der Waals surface area (Å²) in [5, 5.41) is 10.9. The van der Waals surface area contributed by atoms with Gasteiger partial charge in [0, 0.05) is 37.8 Å². The highest BCUT2D eigenvalue weighted by Gasteiger charge is 2.24. The summed E-state index contributed by atoms with van der Waals surface area (Å²) in [5.41, 5.74) is 1.35. The normalized spacial score (nSPS) is 14.1. The lowest BCUT2D eigenvalue weighted by atomic mass is 10.1. The van der Waals surface area contributed by atoms with Gasteiger partial charge in [-0.05, 0) is 37.6 Å². The topological polar surface area (TPSA) is 88.8 Å². The average molecular weight is 370 g/mol. The third kappa shape index (κ3) is 4.16. The van der Waals surface area contributed by atoms with Crippen molar-refractivity contribution in [3.05, 3.63) is 57.8 Å². The lowest BCUT2D eigenvalue weighted by Gasteiger charge is -2.36. The molecule has 3 rings (SSSR count). The molecule has 1 saturated heterocycles. The van der Waals surface area contributed by atoms with Crippen LogP contribution in [0.15, 0.2) is 36.5 Å². The summed E-state index contributed by atoms with van der Waals surface area (Å²) in [5.74, 6) is 1.39. The van der Waals surface area contributed by atoms with Crippen molar-refractivity contribution >= 4 is 17.4 Å². The predicted octanol–water partition coefficient (Wildman–Crippen LogP) is 2.66. The number of rotatable bonds is 5. The van der Waals surface area contributed by atoms with E-state index in [1.165, 1.54) is 12.3 Å². The number of anilines is 1. The number of hydrogen-bond acceptors (Lipinski definition) is 6. The van der Waals surface area contributed by atoms with Crippen LogP contribution in [-0.4, -0.2) is 53.5 Å². The molecule has 0 spiro atoms. The second-order valence-electron chi connectivity index (χ2n) is 6.33. The molecule has 1 aromatic heterocycles. The van der Waals surface area contributed by atoms with Crippen LogP contribution in [0.25, 0.3) is 0 Å². The Kier molecular flexibility index (Phi) is 5.54. The quantitative estimate of drug-likeness (QED) is 0.594. The van der Waals surface area contributed by atoms with Gasteiger partial charge in [-0.25, -0.2) is 4.98 Å². The molecule has 142 valence electrons. The van der Waals surface area contributed by atoms with E-state index in [2.05, 4.69) is 9.88 Å². The maximum atomic E-state index is 12.7. The van der Waals surface area contributed by atoms with E-state index in [1.54, 1.807) is 12.1 Å². The Hall–Kier alpha value is -3.16. The number of hydrogen-bond donors (Lipinski definition) is 0. The number of nitrogens with zero attached hydrogens (tertiary/aromatic N) is 4. The zero-order valence-corrected chi connectivity index (χ0v) is 15.4. The molecule has 0 bridgehead atoms. The minimum absolute atomic E-state index is 0.0146. The van der Waals surface area contributed by atoms with Gasteiger partial charge in [-0.1, -0.05) is 6.07 Å². The Bertz CT molecular complexity index is 847. The van der Waals surface area contributed by atoms with Gasteiger partial charge in [0.05, 0.1) is 11.5 Å². The van der Waals surface area contributed by atoms with Gasteiger partial charge in [-0.3, -0.25) is 14.9 Å². The lowest BCUT2D eigenvalue weighted by molar-refractivity contribution is -0.385.